The Morgan fingerprint density at radius 1 is 0.750 bits per heavy atom. The minimum atomic E-state index is -0.218. The van der Waals surface area contributed by atoms with Crippen molar-refractivity contribution in [3.05, 3.63) is 77.5 Å². The molecule has 0 heterocycles. The number of ether oxygens (including phenoxy) is 5. The summed E-state index contributed by atoms with van der Waals surface area (Å²) in [5.41, 5.74) is 9.05. The van der Waals surface area contributed by atoms with Crippen LogP contribution in [0.15, 0.2) is 60.8 Å². The van der Waals surface area contributed by atoms with Crippen LogP contribution in [0, 0.1) is 0 Å². The lowest BCUT2D eigenvalue weighted by Gasteiger charge is -2.14. The first kappa shape index (κ1) is 26.0. The van der Waals surface area contributed by atoms with Crippen LogP contribution in [0.4, 0.5) is 11.4 Å². The molecule has 36 heavy (non-hydrogen) atoms. The van der Waals surface area contributed by atoms with Crippen molar-refractivity contribution in [2.75, 3.05) is 46.6 Å². The summed E-state index contributed by atoms with van der Waals surface area (Å²) in [5, 5.41) is 3.11. The standard InChI is InChI=1S/C28H30N2O6/c1-32-24-15-18(10-11-19-16-25(33-2)28(36-5)26(17-19)34-3)14-22(27(24)35-4)30-13-12-23(31)20-8-6-7-9-21(20)29/h6-17,30H,29H2,1-5H3. The van der Waals surface area contributed by atoms with E-state index in [-0.39, 0.29) is 5.78 Å². The Morgan fingerprint density at radius 3 is 1.81 bits per heavy atom. The molecule has 3 N–H and O–H groups in total. The number of para-hydroxylation sites is 1. The Balaban J connectivity index is 1.90. The van der Waals surface area contributed by atoms with Crippen LogP contribution < -0.4 is 34.7 Å². The van der Waals surface area contributed by atoms with Crippen LogP contribution in [0.3, 0.4) is 0 Å². The number of anilines is 2. The highest BCUT2D eigenvalue weighted by molar-refractivity contribution is 6.08. The molecule has 0 fully saturated rings. The Bertz CT molecular complexity index is 1260. The number of carbonyl (C=O) groups is 1. The zero-order chi connectivity index (χ0) is 26.1. The normalized spacial score (nSPS) is 10.9. The number of hydrogen-bond donors (Lipinski definition) is 2. The highest BCUT2D eigenvalue weighted by atomic mass is 16.5. The van der Waals surface area contributed by atoms with Gasteiger partial charge in [0.15, 0.2) is 28.8 Å². The molecule has 0 aliphatic rings. The third-order valence-corrected chi connectivity index (χ3v) is 5.36. The minimum Gasteiger partial charge on any atom is -0.493 e. The van der Waals surface area contributed by atoms with E-state index in [0.29, 0.717) is 45.7 Å². The summed E-state index contributed by atoms with van der Waals surface area (Å²) in [6, 6.07) is 14.3. The zero-order valence-electron chi connectivity index (χ0n) is 21.0. The van der Waals surface area contributed by atoms with E-state index >= 15 is 0 Å². The molecule has 0 aliphatic heterocycles. The van der Waals surface area contributed by atoms with E-state index in [1.54, 1.807) is 66.0 Å². The molecule has 0 saturated heterocycles. The van der Waals surface area contributed by atoms with Gasteiger partial charge >= 0.3 is 0 Å². The maximum absolute atomic E-state index is 12.5. The topological polar surface area (TPSA) is 101 Å². The summed E-state index contributed by atoms with van der Waals surface area (Å²) in [4.78, 5) is 12.5. The second-order valence-corrected chi connectivity index (χ2v) is 7.53. The number of nitrogens with two attached hydrogens (primary N) is 1. The van der Waals surface area contributed by atoms with Crippen LogP contribution in [-0.2, 0) is 0 Å². The largest absolute Gasteiger partial charge is 0.493 e. The molecule has 0 bridgehead atoms. The van der Waals surface area contributed by atoms with E-state index in [1.807, 2.05) is 36.4 Å². The number of hydrogen-bond acceptors (Lipinski definition) is 8. The third-order valence-electron chi connectivity index (χ3n) is 5.36. The van der Waals surface area contributed by atoms with Gasteiger partial charge in [-0.2, -0.15) is 0 Å². The van der Waals surface area contributed by atoms with Gasteiger partial charge in [-0.05, 0) is 47.5 Å². The molecule has 0 atom stereocenters. The first-order valence-electron chi connectivity index (χ1n) is 11.0. The van der Waals surface area contributed by atoms with Crippen molar-refractivity contribution in [1.82, 2.24) is 0 Å². The number of nitrogens with one attached hydrogen (secondary N) is 1. The molecular formula is C28H30N2O6. The van der Waals surface area contributed by atoms with Gasteiger partial charge < -0.3 is 34.7 Å². The number of nitrogen functional groups attached to an aromatic ring is 1. The van der Waals surface area contributed by atoms with Crippen LogP contribution in [-0.4, -0.2) is 41.3 Å². The number of rotatable bonds is 11. The highest BCUT2D eigenvalue weighted by Crippen LogP contribution is 2.40. The monoisotopic (exact) mass is 490 g/mol. The van der Waals surface area contributed by atoms with Gasteiger partial charge in [0.2, 0.25) is 5.75 Å². The lowest BCUT2D eigenvalue weighted by molar-refractivity contribution is 0.104. The van der Waals surface area contributed by atoms with E-state index < -0.39 is 0 Å². The Morgan fingerprint density at radius 2 is 1.28 bits per heavy atom. The minimum absolute atomic E-state index is 0.218. The molecule has 0 radical (unpaired) electrons. The van der Waals surface area contributed by atoms with Crippen molar-refractivity contribution in [2.45, 2.75) is 0 Å². The molecule has 0 unspecified atom stereocenters. The van der Waals surface area contributed by atoms with Crippen molar-refractivity contribution in [2.24, 2.45) is 0 Å². The van der Waals surface area contributed by atoms with Gasteiger partial charge in [-0.25, -0.2) is 0 Å². The van der Waals surface area contributed by atoms with E-state index in [9.17, 15) is 4.79 Å². The van der Waals surface area contributed by atoms with Crippen molar-refractivity contribution >= 4 is 29.3 Å². The number of methoxy groups -OCH3 is 5. The number of ketones is 1. The van der Waals surface area contributed by atoms with E-state index in [1.165, 1.54) is 6.08 Å². The SMILES string of the molecule is COc1cc(C=Cc2cc(OC)c(OC)c(OC)c2)cc(NC=CC(=O)c2ccccc2N)c1OC. The number of benzene rings is 3. The molecule has 0 amide bonds. The van der Waals surface area contributed by atoms with Gasteiger partial charge in [0.25, 0.3) is 0 Å². The molecule has 0 saturated carbocycles. The van der Waals surface area contributed by atoms with E-state index in [4.69, 9.17) is 29.4 Å². The average Bonchev–Trinajstić information content (AvgIpc) is 2.90. The van der Waals surface area contributed by atoms with E-state index in [2.05, 4.69) is 5.32 Å². The third kappa shape index (κ3) is 5.90. The summed E-state index contributed by atoms with van der Waals surface area (Å²) in [6.07, 6.45) is 6.77. The highest BCUT2D eigenvalue weighted by Gasteiger charge is 2.14. The lowest BCUT2D eigenvalue weighted by Crippen LogP contribution is -2.02. The predicted octanol–water partition coefficient (Wildman–Crippen LogP) is 5.29. The zero-order valence-corrected chi connectivity index (χ0v) is 21.0. The average molecular weight is 491 g/mol. The molecule has 0 spiro atoms. The Kier molecular flexibility index (Phi) is 8.83. The second-order valence-electron chi connectivity index (χ2n) is 7.53. The lowest BCUT2D eigenvalue weighted by atomic mass is 10.1. The number of allylic oxidation sites excluding steroid dienone is 1. The van der Waals surface area contributed by atoms with Crippen molar-refractivity contribution in [1.29, 1.82) is 0 Å². The molecule has 3 aromatic carbocycles. The van der Waals surface area contributed by atoms with Gasteiger partial charge in [-0.1, -0.05) is 24.3 Å². The predicted molar refractivity (Wildman–Crippen MR) is 143 cm³/mol. The van der Waals surface area contributed by atoms with Crippen molar-refractivity contribution in [3.8, 4) is 28.7 Å². The number of carbonyl (C=O) groups excluding carboxylic acids is 1. The van der Waals surface area contributed by atoms with Crippen LogP contribution >= 0.6 is 0 Å². The van der Waals surface area contributed by atoms with Crippen LogP contribution in [0.5, 0.6) is 28.7 Å². The van der Waals surface area contributed by atoms with E-state index in [0.717, 1.165) is 11.1 Å². The van der Waals surface area contributed by atoms with Gasteiger partial charge in [-0.15, -0.1) is 0 Å². The summed E-state index contributed by atoms with van der Waals surface area (Å²) in [6.45, 7) is 0. The molecule has 188 valence electrons. The second kappa shape index (κ2) is 12.2. The molecule has 3 aromatic rings. The van der Waals surface area contributed by atoms with Crippen LogP contribution in [0.25, 0.3) is 12.2 Å². The smallest absolute Gasteiger partial charge is 0.203 e. The summed E-state index contributed by atoms with van der Waals surface area (Å²) >= 11 is 0. The molecule has 8 nitrogen and oxygen atoms in total. The fourth-order valence-electron chi connectivity index (χ4n) is 3.60. The molecule has 3 rings (SSSR count). The quantitative estimate of drug-likeness (QED) is 0.162. The van der Waals surface area contributed by atoms with Crippen LogP contribution in [0.2, 0.25) is 0 Å². The fraction of sp³-hybridized carbons (Fsp3) is 0.179. The fourth-order valence-corrected chi connectivity index (χ4v) is 3.60. The van der Waals surface area contributed by atoms with Crippen molar-refractivity contribution < 1.29 is 28.5 Å². The molecule has 8 heteroatoms. The first-order chi connectivity index (χ1) is 17.4. The summed E-state index contributed by atoms with van der Waals surface area (Å²) in [5.74, 6) is 2.44. The molecular weight excluding hydrogens is 460 g/mol. The van der Waals surface area contributed by atoms with Gasteiger partial charge in [0.1, 0.15) is 0 Å². The molecule has 0 aliphatic carbocycles. The van der Waals surface area contributed by atoms with Crippen molar-refractivity contribution in [3.63, 3.8) is 0 Å². The molecule has 0 aromatic heterocycles. The van der Waals surface area contributed by atoms with Gasteiger partial charge in [-0.3, -0.25) is 4.79 Å². The first-order valence-corrected chi connectivity index (χ1v) is 11.0. The summed E-state index contributed by atoms with van der Waals surface area (Å²) < 4.78 is 27.3. The maximum Gasteiger partial charge on any atom is 0.203 e. The maximum atomic E-state index is 12.5. The summed E-state index contributed by atoms with van der Waals surface area (Å²) in [7, 11) is 7.81. The Labute approximate surface area is 210 Å². The Hall–Kier alpha value is -4.59. The van der Waals surface area contributed by atoms with Gasteiger partial charge in [0.05, 0.1) is 41.2 Å². The van der Waals surface area contributed by atoms with Gasteiger partial charge in [0, 0.05) is 23.5 Å². The van der Waals surface area contributed by atoms with Crippen LogP contribution in [0.1, 0.15) is 21.5 Å².